The highest BCUT2D eigenvalue weighted by atomic mass is 16.5. The molecular weight excluding hydrogens is 226 g/mol. The summed E-state index contributed by atoms with van der Waals surface area (Å²) in [5.74, 6) is 2.35. The third kappa shape index (κ3) is 2.42. The first-order chi connectivity index (χ1) is 8.47. The van der Waals surface area contributed by atoms with Crippen LogP contribution in [0.25, 0.3) is 0 Å². The fourth-order valence-corrected chi connectivity index (χ4v) is 1.80. The summed E-state index contributed by atoms with van der Waals surface area (Å²) in [6.45, 7) is 7.90. The van der Waals surface area contributed by atoms with Crippen molar-refractivity contribution in [2.24, 2.45) is 0 Å². The summed E-state index contributed by atoms with van der Waals surface area (Å²) < 4.78 is 5.85. The van der Waals surface area contributed by atoms with E-state index >= 15 is 0 Å². The van der Waals surface area contributed by atoms with E-state index in [-0.39, 0.29) is 0 Å². The van der Waals surface area contributed by atoms with Crippen molar-refractivity contribution in [3.63, 3.8) is 0 Å². The number of benzene rings is 1. The molecule has 0 aliphatic carbocycles. The molecule has 0 aliphatic heterocycles. The molecule has 0 radical (unpaired) electrons. The molecule has 1 heterocycles. The first-order valence-electron chi connectivity index (χ1n) is 5.83. The summed E-state index contributed by atoms with van der Waals surface area (Å²) in [4.78, 5) is 8.25. The van der Waals surface area contributed by atoms with Crippen molar-refractivity contribution in [3.8, 4) is 11.6 Å². The van der Waals surface area contributed by atoms with Gasteiger partial charge in [0.2, 0.25) is 5.88 Å². The summed E-state index contributed by atoms with van der Waals surface area (Å²) in [7, 11) is 0. The molecule has 4 heteroatoms. The molecule has 4 nitrogen and oxygen atoms in total. The minimum atomic E-state index is 0.417. The Hall–Kier alpha value is -2.10. The third-order valence-electron chi connectivity index (χ3n) is 2.91. The Labute approximate surface area is 107 Å². The molecule has 1 aromatic carbocycles. The highest BCUT2D eigenvalue weighted by Gasteiger charge is 2.09. The molecule has 18 heavy (non-hydrogen) atoms. The number of aryl methyl sites for hydroxylation is 3. The number of hydrogen-bond donors (Lipinski definition) is 1. The normalized spacial score (nSPS) is 10.4. The van der Waals surface area contributed by atoms with Crippen molar-refractivity contribution in [1.29, 1.82) is 0 Å². The maximum Gasteiger partial charge on any atom is 0.224 e. The largest absolute Gasteiger partial charge is 0.438 e. The van der Waals surface area contributed by atoms with Crippen LogP contribution in [0.5, 0.6) is 11.6 Å². The van der Waals surface area contributed by atoms with Crippen molar-refractivity contribution in [2.75, 3.05) is 5.73 Å². The van der Waals surface area contributed by atoms with E-state index in [0.717, 1.165) is 16.9 Å². The highest BCUT2D eigenvalue weighted by Crippen LogP contribution is 2.30. The molecule has 0 atom stereocenters. The Balaban J connectivity index is 2.42. The van der Waals surface area contributed by atoms with Crippen molar-refractivity contribution < 1.29 is 4.74 Å². The van der Waals surface area contributed by atoms with Gasteiger partial charge in [-0.25, -0.2) is 4.98 Å². The standard InChI is InChI=1S/C14H17N3O/c1-8-5-6-9(2)14(10(8)3)18-13-7-12(15)16-11(4)17-13/h5-7H,1-4H3,(H2,15,16,17). The van der Waals surface area contributed by atoms with Crippen molar-refractivity contribution in [1.82, 2.24) is 9.97 Å². The summed E-state index contributed by atoms with van der Waals surface area (Å²) in [6, 6.07) is 5.75. The fourth-order valence-electron chi connectivity index (χ4n) is 1.80. The number of ether oxygens (including phenoxy) is 1. The molecule has 0 saturated carbocycles. The minimum absolute atomic E-state index is 0.417. The summed E-state index contributed by atoms with van der Waals surface area (Å²) in [5, 5.41) is 0. The van der Waals surface area contributed by atoms with E-state index < -0.39 is 0 Å². The number of hydrogen-bond acceptors (Lipinski definition) is 4. The van der Waals surface area contributed by atoms with E-state index in [1.54, 1.807) is 13.0 Å². The molecular formula is C14H17N3O. The van der Waals surface area contributed by atoms with E-state index in [4.69, 9.17) is 10.5 Å². The highest BCUT2D eigenvalue weighted by molar-refractivity contribution is 5.47. The SMILES string of the molecule is Cc1nc(N)cc(Oc2c(C)ccc(C)c2C)n1. The average Bonchev–Trinajstić information content (AvgIpc) is 2.28. The molecule has 0 amide bonds. The van der Waals surface area contributed by atoms with Crippen LogP contribution in [0.15, 0.2) is 18.2 Å². The average molecular weight is 243 g/mol. The van der Waals surface area contributed by atoms with Gasteiger partial charge in [-0.3, -0.25) is 0 Å². The van der Waals surface area contributed by atoms with Gasteiger partial charge in [0.15, 0.2) is 0 Å². The number of aromatic nitrogens is 2. The topological polar surface area (TPSA) is 61.0 Å². The maximum absolute atomic E-state index is 5.85. The second-order valence-electron chi connectivity index (χ2n) is 4.43. The molecule has 2 N–H and O–H groups in total. The molecule has 0 bridgehead atoms. The van der Waals surface area contributed by atoms with Gasteiger partial charge in [-0.2, -0.15) is 4.98 Å². The number of rotatable bonds is 2. The van der Waals surface area contributed by atoms with Crippen LogP contribution in [0.2, 0.25) is 0 Å². The predicted octanol–water partition coefficient (Wildman–Crippen LogP) is 3.08. The Morgan fingerprint density at radius 1 is 1.00 bits per heavy atom. The van der Waals surface area contributed by atoms with Gasteiger partial charge in [-0.1, -0.05) is 12.1 Å². The smallest absolute Gasteiger partial charge is 0.224 e. The Morgan fingerprint density at radius 3 is 2.33 bits per heavy atom. The Morgan fingerprint density at radius 2 is 1.67 bits per heavy atom. The number of nitrogens with two attached hydrogens (primary N) is 1. The summed E-state index contributed by atoms with van der Waals surface area (Å²) in [5.41, 5.74) is 9.07. The Bertz CT molecular complexity index is 574. The van der Waals surface area contributed by atoms with Crippen molar-refractivity contribution in [3.05, 3.63) is 40.7 Å². The summed E-state index contributed by atoms with van der Waals surface area (Å²) in [6.07, 6.45) is 0. The quantitative estimate of drug-likeness (QED) is 0.880. The number of nitrogen functional groups attached to an aromatic ring is 1. The molecule has 1 aromatic heterocycles. The van der Waals surface area contributed by atoms with Gasteiger partial charge < -0.3 is 10.5 Å². The number of nitrogens with zero attached hydrogens (tertiary/aromatic N) is 2. The lowest BCUT2D eigenvalue weighted by Gasteiger charge is -2.13. The number of anilines is 1. The van der Waals surface area contributed by atoms with Gasteiger partial charge in [0.1, 0.15) is 17.4 Å². The van der Waals surface area contributed by atoms with Crippen LogP contribution in [-0.4, -0.2) is 9.97 Å². The van der Waals surface area contributed by atoms with Gasteiger partial charge >= 0.3 is 0 Å². The lowest BCUT2D eigenvalue weighted by atomic mass is 10.1. The fraction of sp³-hybridized carbons (Fsp3) is 0.286. The summed E-state index contributed by atoms with van der Waals surface area (Å²) >= 11 is 0. The molecule has 0 fully saturated rings. The van der Waals surface area contributed by atoms with Crippen LogP contribution >= 0.6 is 0 Å². The molecule has 0 spiro atoms. The molecule has 0 unspecified atom stereocenters. The van der Waals surface area contributed by atoms with Crippen LogP contribution in [0.4, 0.5) is 5.82 Å². The minimum Gasteiger partial charge on any atom is -0.438 e. The second-order valence-corrected chi connectivity index (χ2v) is 4.43. The van der Waals surface area contributed by atoms with E-state index in [9.17, 15) is 0 Å². The van der Waals surface area contributed by atoms with Crippen LogP contribution in [0.1, 0.15) is 22.5 Å². The molecule has 2 aromatic rings. The van der Waals surface area contributed by atoms with Gasteiger partial charge in [-0.15, -0.1) is 0 Å². The van der Waals surface area contributed by atoms with Crippen LogP contribution < -0.4 is 10.5 Å². The van der Waals surface area contributed by atoms with Crippen LogP contribution in [-0.2, 0) is 0 Å². The van der Waals surface area contributed by atoms with Crippen molar-refractivity contribution in [2.45, 2.75) is 27.7 Å². The molecule has 2 rings (SSSR count). The lowest BCUT2D eigenvalue weighted by molar-refractivity contribution is 0.453. The zero-order valence-corrected chi connectivity index (χ0v) is 11.1. The van der Waals surface area contributed by atoms with Crippen molar-refractivity contribution >= 4 is 5.82 Å². The molecule has 0 aliphatic rings. The first kappa shape index (κ1) is 12.4. The first-order valence-corrected chi connectivity index (χ1v) is 5.83. The molecule has 0 saturated heterocycles. The zero-order chi connectivity index (χ0) is 13.3. The zero-order valence-electron chi connectivity index (χ0n) is 11.1. The maximum atomic E-state index is 5.85. The monoisotopic (exact) mass is 243 g/mol. The van der Waals surface area contributed by atoms with Gasteiger partial charge in [0.05, 0.1) is 0 Å². The second kappa shape index (κ2) is 4.64. The predicted molar refractivity (Wildman–Crippen MR) is 71.9 cm³/mol. The van der Waals surface area contributed by atoms with Gasteiger partial charge in [0.25, 0.3) is 0 Å². The van der Waals surface area contributed by atoms with Gasteiger partial charge in [-0.05, 0) is 44.4 Å². The Kier molecular flexibility index (Phi) is 3.19. The van der Waals surface area contributed by atoms with Crippen LogP contribution in [0.3, 0.4) is 0 Å². The van der Waals surface area contributed by atoms with E-state index in [0.29, 0.717) is 17.5 Å². The lowest BCUT2D eigenvalue weighted by Crippen LogP contribution is -2.00. The molecule has 94 valence electrons. The third-order valence-corrected chi connectivity index (χ3v) is 2.91. The van der Waals surface area contributed by atoms with Crippen LogP contribution in [0, 0.1) is 27.7 Å². The van der Waals surface area contributed by atoms with Gasteiger partial charge in [0, 0.05) is 6.07 Å². The van der Waals surface area contributed by atoms with E-state index in [1.807, 2.05) is 19.9 Å². The van der Waals surface area contributed by atoms with E-state index in [2.05, 4.69) is 23.0 Å². The van der Waals surface area contributed by atoms with E-state index in [1.165, 1.54) is 5.56 Å².